The molecule has 20 heavy (non-hydrogen) atoms. The third kappa shape index (κ3) is 3.11. The van der Waals surface area contributed by atoms with E-state index >= 15 is 0 Å². The van der Waals surface area contributed by atoms with Crippen molar-refractivity contribution in [3.05, 3.63) is 23.5 Å². The van der Waals surface area contributed by atoms with Gasteiger partial charge in [-0.05, 0) is 43.9 Å². The predicted molar refractivity (Wildman–Crippen MR) is 74.3 cm³/mol. The van der Waals surface area contributed by atoms with E-state index in [1.807, 2.05) is 0 Å². The molecule has 0 radical (unpaired) electrons. The predicted octanol–water partition coefficient (Wildman–Crippen LogP) is 1.56. The van der Waals surface area contributed by atoms with Crippen molar-refractivity contribution in [3.8, 4) is 0 Å². The van der Waals surface area contributed by atoms with Crippen molar-refractivity contribution >= 4 is 15.7 Å². The third-order valence-corrected chi connectivity index (χ3v) is 5.09. The van der Waals surface area contributed by atoms with Gasteiger partial charge in [-0.3, -0.25) is 0 Å². The summed E-state index contributed by atoms with van der Waals surface area (Å²) in [6.45, 7) is 1.49. The molecule has 0 bridgehead atoms. The highest BCUT2D eigenvalue weighted by Gasteiger charge is 2.30. The van der Waals surface area contributed by atoms with Crippen LogP contribution >= 0.6 is 0 Å². The quantitative estimate of drug-likeness (QED) is 0.827. The maximum Gasteiger partial charge on any atom is 0.243 e. The molecule has 0 amide bonds. The molecule has 1 aromatic rings. The van der Waals surface area contributed by atoms with Crippen LogP contribution in [0, 0.1) is 12.7 Å². The van der Waals surface area contributed by atoms with Crippen molar-refractivity contribution in [3.63, 3.8) is 0 Å². The molecule has 2 unspecified atom stereocenters. The fraction of sp³-hybridized carbons (Fsp3) is 0.538. The topological polar surface area (TPSA) is 81.4 Å². The molecule has 0 aliphatic heterocycles. The highest BCUT2D eigenvalue weighted by atomic mass is 32.2. The number of aryl methyl sites for hydroxylation is 1. The molecule has 5 nitrogen and oxygen atoms in total. The second-order valence-corrected chi connectivity index (χ2v) is 6.82. The Kier molecular flexibility index (Phi) is 4.31. The van der Waals surface area contributed by atoms with Gasteiger partial charge in [-0.15, -0.1) is 0 Å². The second kappa shape index (κ2) is 5.67. The van der Waals surface area contributed by atoms with Gasteiger partial charge in [0.05, 0.1) is 6.10 Å². The Labute approximate surface area is 118 Å². The van der Waals surface area contributed by atoms with Crippen molar-refractivity contribution in [2.24, 2.45) is 0 Å². The van der Waals surface area contributed by atoms with Crippen molar-refractivity contribution in [2.75, 3.05) is 12.8 Å². The Morgan fingerprint density at radius 2 is 2.10 bits per heavy atom. The first kappa shape index (κ1) is 15.2. The van der Waals surface area contributed by atoms with E-state index in [1.165, 1.54) is 13.0 Å². The zero-order chi connectivity index (χ0) is 14.9. The van der Waals surface area contributed by atoms with E-state index in [9.17, 15) is 12.8 Å². The second-order valence-electron chi connectivity index (χ2n) is 5.14. The summed E-state index contributed by atoms with van der Waals surface area (Å²) in [5.74, 6) is -0.756. The smallest absolute Gasteiger partial charge is 0.243 e. The van der Waals surface area contributed by atoms with Crippen molar-refractivity contribution in [1.82, 2.24) is 4.72 Å². The minimum Gasteiger partial charge on any atom is -0.399 e. The van der Waals surface area contributed by atoms with E-state index in [0.29, 0.717) is 12.8 Å². The van der Waals surface area contributed by atoms with Crippen LogP contribution in [0.3, 0.4) is 0 Å². The molecule has 1 aliphatic rings. The lowest BCUT2D eigenvalue weighted by molar-refractivity contribution is 0.107. The number of rotatable bonds is 4. The van der Waals surface area contributed by atoms with Crippen molar-refractivity contribution in [2.45, 2.75) is 43.2 Å². The number of nitrogen functional groups attached to an aromatic ring is 1. The lowest BCUT2D eigenvalue weighted by Gasteiger charge is -2.15. The number of benzene rings is 1. The summed E-state index contributed by atoms with van der Waals surface area (Å²) < 4.78 is 46.2. The number of anilines is 1. The number of hydrogen-bond donors (Lipinski definition) is 2. The Morgan fingerprint density at radius 3 is 2.70 bits per heavy atom. The van der Waals surface area contributed by atoms with Gasteiger partial charge >= 0.3 is 0 Å². The summed E-state index contributed by atoms with van der Waals surface area (Å²) >= 11 is 0. The molecular formula is C13H19FN2O3S. The zero-order valence-electron chi connectivity index (χ0n) is 11.5. The molecule has 0 aromatic heterocycles. The van der Waals surface area contributed by atoms with Gasteiger partial charge < -0.3 is 10.5 Å². The molecule has 112 valence electrons. The summed E-state index contributed by atoms with van der Waals surface area (Å²) in [7, 11) is -2.31. The molecule has 1 aromatic carbocycles. The van der Waals surface area contributed by atoms with Crippen LogP contribution in [0.5, 0.6) is 0 Å². The van der Waals surface area contributed by atoms with Gasteiger partial charge in [0, 0.05) is 18.8 Å². The molecular weight excluding hydrogens is 283 g/mol. The minimum atomic E-state index is -3.91. The molecule has 0 heterocycles. The van der Waals surface area contributed by atoms with E-state index < -0.39 is 20.7 Å². The van der Waals surface area contributed by atoms with Gasteiger partial charge in [-0.2, -0.15) is 0 Å². The normalized spacial score (nSPS) is 23.1. The van der Waals surface area contributed by atoms with E-state index in [-0.39, 0.29) is 23.4 Å². The van der Waals surface area contributed by atoms with E-state index in [4.69, 9.17) is 10.5 Å². The van der Waals surface area contributed by atoms with Crippen LogP contribution in [0.15, 0.2) is 17.0 Å². The van der Waals surface area contributed by atoms with Crippen LogP contribution in [0.1, 0.15) is 24.8 Å². The summed E-state index contributed by atoms with van der Waals surface area (Å²) in [6, 6.07) is 2.32. The molecule has 0 spiro atoms. The third-order valence-electron chi connectivity index (χ3n) is 3.57. The van der Waals surface area contributed by atoms with Crippen LogP contribution in [0.25, 0.3) is 0 Å². The summed E-state index contributed by atoms with van der Waals surface area (Å²) in [5.41, 5.74) is 6.04. The summed E-state index contributed by atoms with van der Waals surface area (Å²) in [6.07, 6.45) is 2.12. The molecule has 7 heteroatoms. The summed E-state index contributed by atoms with van der Waals surface area (Å²) in [5, 5.41) is 0. The SMILES string of the molecule is COC1CCC(NS(=O)(=O)c2cc(N)cc(C)c2F)C1. The Morgan fingerprint density at radius 1 is 1.40 bits per heavy atom. The lowest BCUT2D eigenvalue weighted by atomic mass is 10.2. The average molecular weight is 302 g/mol. The monoisotopic (exact) mass is 302 g/mol. The minimum absolute atomic E-state index is 0.0510. The highest BCUT2D eigenvalue weighted by Crippen LogP contribution is 2.26. The van der Waals surface area contributed by atoms with Crippen LogP contribution in [-0.2, 0) is 14.8 Å². The van der Waals surface area contributed by atoms with Crippen LogP contribution in [0.4, 0.5) is 10.1 Å². The largest absolute Gasteiger partial charge is 0.399 e. The van der Waals surface area contributed by atoms with Crippen LogP contribution in [0.2, 0.25) is 0 Å². The molecule has 2 rings (SSSR count). The van der Waals surface area contributed by atoms with Gasteiger partial charge in [0.25, 0.3) is 0 Å². The van der Waals surface area contributed by atoms with E-state index in [1.54, 1.807) is 7.11 Å². The molecule has 1 aliphatic carbocycles. The fourth-order valence-corrected chi connectivity index (χ4v) is 3.97. The number of ether oxygens (including phenoxy) is 1. The maximum atomic E-state index is 14.0. The number of methoxy groups -OCH3 is 1. The van der Waals surface area contributed by atoms with Gasteiger partial charge in [0.15, 0.2) is 0 Å². The van der Waals surface area contributed by atoms with E-state index in [2.05, 4.69) is 4.72 Å². The molecule has 0 saturated heterocycles. The maximum absolute atomic E-state index is 14.0. The molecule has 2 atom stereocenters. The molecule has 1 fully saturated rings. The van der Waals surface area contributed by atoms with Gasteiger partial charge in [0.1, 0.15) is 10.7 Å². The number of sulfonamides is 1. The van der Waals surface area contributed by atoms with Crippen LogP contribution < -0.4 is 10.5 Å². The number of nitrogens with one attached hydrogen (secondary N) is 1. The van der Waals surface area contributed by atoms with Gasteiger partial charge in [-0.1, -0.05) is 0 Å². The van der Waals surface area contributed by atoms with Gasteiger partial charge in [0.2, 0.25) is 10.0 Å². The Hall–Kier alpha value is -1.18. The number of halogens is 1. The lowest BCUT2D eigenvalue weighted by Crippen LogP contribution is -2.34. The van der Waals surface area contributed by atoms with Crippen molar-refractivity contribution in [1.29, 1.82) is 0 Å². The first-order valence-electron chi connectivity index (χ1n) is 6.44. The van der Waals surface area contributed by atoms with Crippen LogP contribution in [-0.4, -0.2) is 27.7 Å². The summed E-state index contributed by atoms with van der Waals surface area (Å²) in [4.78, 5) is -0.393. The Balaban J connectivity index is 2.23. The first-order chi connectivity index (χ1) is 9.33. The van der Waals surface area contributed by atoms with Gasteiger partial charge in [-0.25, -0.2) is 17.5 Å². The fourth-order valence-electron chi connectivity index (χ4n) is 2.50. The number of nitrogens with two attached hydrogens (primary N) is 1. The molecule has 3 N–H and O–H groups in total. The zero-order valence-corrected chi connectivity index (χ0v) is 12.3. The average Bonchev–Trinajstić information content (AvgIpc) is 2.80. The molecule has 1 saturated carbocycles. The first-order valence-corrected chi connectivity index (χ1v) is 7.92. The standard InChI is InChI=1S/C13H19FN2O3S/c1-8-5-9(15)6-12(13(8)14)20(17,18)16-10-3-4-11(7-10)19-2/h5-6,10-11,16H,3-4,7,15H2,1-2H3. The van der Waals surface area contributed by atoms with Crippen molar-refractivity contribution < 1.29 is 17.5 Å². The Bertz CT molecular complexity index is 604. The highest BCUT2D eigenvalue weighted by molar-refractivity contribution is 7.89. The number of hydrogen-bond acceptors (Lipinski definition) is 4. The van der Waals surface area contributed by atoms with E-state index in [0.717, 1.165) is 12.5 Å².